The van der Waals surface area contributed by atoms with Crippen molar-refractivity contribution in [3.8, 4) is 11.5 Å². The Morgan fingerprint density at radius 3 is 2.71 bits per heavy atom. The van der Waals surface area contributed by atoms with E-state index in [-0.39, 0.29) is 0 Å². The summed E-state index contributed by atoms with van der Waals surface area (Å²) in [6.45, 7) is 2.05. The number of aromatic nitrogens is 1. The van der Waals surface area contributed by atoms with E-state index in [4.69, 9.17) is 4.42 Å². The molecule has 0 N–H and O–H groups in total. The zero-order valence-corrected chi connectivity index (χ0v) is 13.0. The lowest BCUT2D eigenvalue weighted by Gasteiger charge is -2.02. The van der Waals surface area contributed by atoms with E-state index < -0.39 is 0 Å². The lowest BCUT2D eigenvalue weighted by atomic mass is 10.0. The minimum Gasteiger partial charge on any atom is -0.435 e. The Labute approximate surface area is 130 Å². The predicted molar refractivity (Wildman–Crippen MR) is 89.4 cm³/mol. The van der Waals surface area contributed by atoms with Crippen LogP contribution in [0.3, 0.4) is 0 Å². The van der Waals surface area contributed by atoms with Gasteiger partial charge in [-0.1, -0.05) is 36.4 Å². The van der Waals surface area contributed by atoms with Gasteiger partial charge in [-0.05, 0) is 57.4 Å². The van der Waals surface area contributed by atoms with Crippen molar-refractivity contribution in [2.24, 2.45) is 0 Å². The fraction of sp³-hybridized carbons (Fsp3) is 0.0556. The Hall–Kier alpha value is -2.13. The fourth-order valence-electron chi connectivity index (χ4n) is 2.65. The van der Waals surface area contributed by atoms with Crippen molar-refractivity contribution < 1.29 is 4.42 Å². The molecule has 4 aromatic rings. The first-order valence-corrected chi connectivity index (χ1v) is 7.56. The van der Waals surface area contributed by atoms with Gasteiger partial charge in [0.2, 0.25) is 5.89 Å². The topological polar surface area (TPSA) is 26.0 Å². The molecule has 0 radical (unpaired) electrons. The third kappa shape index (κ3) is 2.05. The van der Waals surface area contributed by atoms with Crippen LogP contribution in [0.1, 0.15) is 5.56 Å². The first kappa shape index (κ1) is 12.6. The average molecular weight is 338 g/mol. The lowest BCUT2D eigenvalue weighted by molar-refractivity contribution is 0.619. The molecule has 1 aromatic heterocycles. The van der Waals surface area contributed by atoms with Crippen molar-refractivity contribution >= 4 is 37.8 Å². The molecular weight excluding hydrogens is 326 g/mol. The molecule has 0 aliphatic rings. The second-order valence-corrected chi connectivity index (χ2v) is 6.00. The van der Waals surface area contributed by atoms with E-state index in [1.54, 1.807) is 0 Å². The third-order valence-electron chi connectivity index (χ3n) is 3.61. The minimum absolute atomic E-state index is 0.660. The van der Waals surface area contributed by atoms with Crippen molar-refractivity contribution in [1.82, 2.24) is 4.98 Å². The molecule has 21 heavy (non-hydrogen) atoms. The van der Waals surface area contributed by atoms with Crippen LogP contribution in [-0.2, 0) is 0 Å². The van der Waals surface area contributed by atoms with Gasteiger partial charge in [-0.25, -0.2) is 4.98 Å². The van der Waals surface area contributed by atoms with Gasteiger partial charge in [0.25, 0.3) is 0 Å². The van der Waals surface area contributed by atoms with Crippen molar-refractivity contribution in [1.29, 1.82) is 0 Å². The summed E-state index contributed by atoms with van der Waals surface area (Å²) >= 11 is 3.55. The molecule has 0 fully saturated rings. The van der Waals surface area contributed by atoms with Crippen LogP contribution in [0.4, 0.5) is 0 Å². The molecule has 0 saturated heterocycles. The number of fused-ring (bicyclic) bond motifs is 2. The van der Waals surface area contributed by atoms with Crippen LogP contribution < -0.4 is 0 Å². The van der Waals surface area contributed by atoms with E-state index in [2.05, 4.69) is 46.0 Å². The van der Waals surface area contributed by atoms with Crippen LogP contribution in [-0.4, -0.2) is 4.98 Å². The van der Waals surface area contributed by atoms with Gasteiger partial charge in [0.15, 0.2) is 5.58 Å². The highest BCUT2D eigenvalue weighted by atomic mass is 79.9. The molecule has 0 atom stereocenters. The maximum atomic E-state index is 5.99. The van der Waals surface area contributed by atoms with Crippen molar-refractivity contribution in [3.05, 3.63) is 64.6 Å². The standard InChI is InChI=1S/C18H12BrNO/c1-11-9-15(19)17-16(10-11)20-18(21-17)14-8-4-6-12-5-2-3-7-13(12)14/h2-10H,1H3. The highest BCUT2D eigenvalue weighted by Gasteiger charge is 2.13. The average Bonchev–Trinajstić information content (AvgIpc) is 2.90. The summed E-state index contributed by atoms with van der Waals surface area (Å²) < 4.78 is 6.93. The first-order valence-electron chi connectivity index (χ1n) is 6.77. The number of halogens is 1. The Balaban J connectivity index is 2.03. The zero-order chi connectivity index (χ0) is 14.4. The van der Waals surface area contributed by atoms with Crippen molar-refractivity contribution in [2.75, 3.05) is 0 Å². The van der Waals surface area contributed by atoms with E-state index in [1.165, 1.54) is 5.39 Å². The second kappa shape index (κ2) is 4.71. The van der Waals surface area contributed by atoms with Crippen LogP contribution in [0.15, 0.2) is 63.5 Å². The normalized spacial score (nSPS) is 11.3. The molecule has 102 valence electrons. The Morgan fingerprint density at radius 1 is 1.00 bits per heavy atom. The van der Waals surface area contributed by atoms with Crippen LogP contribution in [0.5, 0.6) is 0 Å². The SMILES string of the molecule is Cc1cc(Br)c2oc(-c3cccc4ccccc34)nc2c1. The Bertz CT molecular complexity index is 966. The summed E-state index contributed by atoms with van der Waals surface area (Å²) in [5.74, 6) is 0.660. The maximum absolute atomic E-state index is 5.99. The highest BCUT2D eigenvalue weighted by Crippen LogP contribution is 2.33. The molecule has 3 heteroatoms. The molecule has 0 aliphatic heterocycles. The Morgan fingerprint density at radius 2 is 1.81 bits per heavy atom. The van der Waals surface area contributed by atoms with Crippen molar-refractivity contribution in [2.45, 2.75) is 6.92 Å². The predicted octanol–water partition coefficient (Wildman–Crippen LogP) is 5.72. The number of rotatable bonds is 1. The molecule has 4 rings (SSSR count). The summed E-state index contributed by atoms with van der Waals surface area (Å²) in [4.78, 5) is 4.66. The molecule has 0 amide bonds. The highest BCUT2D eigenvalue weighted by molar-refractivity contribution is 9.10. The fourth-order valence-corrected chi connectivity index (χ4v) is 3.30. The molecule has 0 unspecified atom stereocenters. The molecule has 0 aliphatic carbocycles. The summed E-state index contributed by atoms with van der Waals surface area (Å²) in [5.41, 5.74) is 3.86. The van der Waals surface area contributed by atoms with Gasteiger partial charge in [0.05, 0.1) is 4.47 Å². The van der Waals surface area contributed by atoms with Gasteiger partial charge >= 0.3 is 0 Å². The second-order valence-electron chi connectivity index (χ2n) is 5.14. The summed E-state index contributed by atoms with van der Waals surface area (Å²) in [7, 11) is 0. The molecule has 0 bridgehead atoms. The van der Waals surface area contributed by atoms with Gasteiger partial charge in [-0.15, -0.1) is 0 Å². The molecule has 3 aromatic carbocycles. The molecule has 1 heterocycles. The van der Waals surface area contributed by atoms with Gasteiger partial charge in [-0.3, -0.25) is 0 Å². The lowest BCUT2D eigenvalue weighted by Crippen LogP contribution is -1.80. The number of benzene rings is 3. The maximum Gasteiger partial charge on any atom is 0.228 e. The molecule has 0 spiro atoms. The third-order valence-corrected chi connectivity index (χ3v) is 4.20. The minimum atomic E-state index is 0.660. The molecular formula is C18H12BrNO. The number of aryl methyl sites for hydroxylation is 1. The van der Waals surface area contributed by atoms with Crippen LogP contribution in [0, 0.1) is 6.92 Å². The largest absolute Gasteiger partial charge is 0.435 e. The number of oxazole rings is 1. The van der Waals surface area contributed by atoms with Gasteiger partial charge in [0, 0.05) is 5.56 Å². The van der Waals surface area contributed by atoms with Crippen molar-refractivity contribution in [3.63, 3.8) is 0 Å². The van der Waals surface area contributed by atoms with Gasteiger partial charge in [-0.2, -0.15) is 0 Å². The van der Waals surface area contributed by atoms with E-state index in [0.717, 1.165) is 32.1 Å². The van der Waals surface area contributed by atoms with E-state index >= 15 is 0 Å². The number of hydrogen-bond donors (Lipinski definition) is 0. The monoisotopic (exact) mass is 337 g/mol. The molecule has 2 nitrogen and oxygen atoms in total. The summed E-state index contributed by atoms with van der Waals surface area (Å²) in [5, 5.41) is 2.34. The summed E-state index contributed by atoms with van der Waals surface area (Å²) in [6, 6.07) is 18.5. The number of hydrogen-bond acceptors (Lipinski definition) is 2. The van der Waals surface area contributed by atoms with Gasteiger partial charge in [0.1, 0.15) is 5.52 Å². The zero-order valence-electron chi connectivity index (χ0n) is 11.4. The van der Waals surface area contributed by atoms with Crippen LogP contribution in [0.25, 0.3) is 33.3 Å². The number of nitrogens with zero attached hydrogens (tertiary/aromatic N) is 1. The molecule has 0 saturated carbocycles. The Kier molecular flexibility index (Phi) is 2.82. The summed E-state index contributed by atoms with van der Waals surface area (Å²) in [6.07, 6.45) is 0. The van der Waals surface area contributed by atoms with E-state index in [9.17, 15) is 0 Å². The quantitative estimate of drug-likeness (QED) is 0.444. The van der Waals surface area contributed by atoms with Crippen LogP contribution >= 0.6 is 15.9 Å². The van der Waals surface area contributed by atoms with E-state index in [0.29, 0.717) is 5.89 Å². The van der Waals surface area contributed by atoms with E-state index in [1.807, 2.05) is 36.4 Å². The first-order chi connectivity index (χ1) is 10.2. The van der Waals surface area contributed by atoms with Gasteiger partial charge < -0.3 is 4.42 Å². The van der Waals surface area contributed by atoms with Crippen LogP contribution in [0.2, 0.25) is 0 Å². The smallest absolute Gasteiger partial charge is 0.228 e.